The second kappa shape index (κ2) is 5.67. The van der Waals surface area contributed by atoms with E-state index in [4.69, 9.17) is 14.6 Å². The van der Waals surface area contributed by atoms with E-state index in [1.807, 2.05) is 6.92 Å². The van der Waals surface area contributed by atoms with Gasteiger partial charge in [-0.3, -0.25) is 4.79 Å². The van der Waals surface area contributed by atoms with Crippen molar-refractivity contribution in [3.8, 4) is 0 Å². The molecule has 2 rings (SSSR count). The van der Waals surface area contributed by atoms with Crippen molar-refractivity contribution in [2.45, 2.75) is 57.0 Å². The third-order valence-electron chi connectivity index (χ3n) is 3.42. The van der Waals surface area contributed by atoms with E-state index in [9.17, 15) is 9.59 Å². The van der Waals surface area contributed by atoms with Crippen LogP contribution < -0.4 is 5.32 Å². The maximum atomic E-state index is 11.9. The Morgan fingerprint density at radius 2 is 1.94 bits per heavy atom. The lowest BCUT2D eigenvalue weighted by atomic mass is 10.0. The molecular weight excluding hydrogens is 238 g/mol. The van der Waals surface area contributed by atoms with Crippen molar-refractivity contribution in [2.24, 2.45) is 0 Å². The van der Waals surface area contributed by atoms with Crippen molar-refractivity contribution < 1.29 is 24.2 Å². The highest BCUT2D eigenvalue weighted by Gasteiger charge is 2.35. The molecular formula is C12H19NO5. The first-order valence-electron chi connectivity index (χ1n) is 6.36. The van der Waals surface area contributed by atoms with Gasteiger partial charge in [-0.2, -0.15) is 0 Å². The smallest absolute Gasteiger partial charge is 0.332 e. The molecule has 0 spiro atoms. The molecule has 0 aromatic heterocycles. The number of ether oxygens (including phenoxy) is 2. The summed E-state index contributed by atoms with van der Waals surface area (Å²) in [6.45, 7) is 2.63. The van der Waals surface area contributed by atoms with Crippen molar-refractivity contribution in [1.82, 2.24) is 5.32 Å². The highest BCUT2D eigenvalue weighted by atomic mass is 16.5. The van der Waals surface area contributed by atoms with Crippen LogP contribution in [-0.4, -0.2) is 47.9 Å². The summed E-state index contributed by atoms with van der Waals surface area (Å²) in [4.78, 5) is 22.6. The number of carboxylic acid groups (broad SMARTS) is 1. The number of aliphatic carboxylic acids is 1. The van der Waals surface area contributed by atoms with Crippen LogP contribution in [0.5, 0.6) is 0 Å². The Balaban J connectivity index is 1.80. The van der Waals surface area contributed by atoms with Gasteiger partial charge in [0.05, 0.1) is 6.10 Å². The van der Waals surface area contributed by atoms with Crippen LogP contribution in [-0.2, 0) is 19.1 Å². The van der Waals surface area contributed by atoms with Gasteiger partial charge in [0.2, 0.25) is 5.91 Å². The Bertz CT molecular complexity index is 332. The molecule has 0 aromatic carbocycles. The molecule has 2 N–H and O–H groups in total. The Morgan fingerprint density at radius 1 is 1.22 bits per heavy atom. The summed E-state index contributed by atoms with van der Waals surface area (Å²) in [5.41, 5.74) is 0. The summed E-state index contributed by atoms with van der Waals surface area (Å²) in [6.07, 6.45) is 1.16. The number of carbonyl (C=O) groups is 2. The van der Waals surface area contributed by atoms with Gasteiger partial charge in [0.1, 0.15) is 6.10 Å². The maximum absolute atomic E-state index is 11.9. The Morgan fingerprint density at radius 3 is 2.56 bits per heavy atom. The molecule has 0 aliphatic carbocycles. The first-order chi connectivity index (χ1) is 8.56. The quantitative estimate of drug-likeness (QED) is 0.759. The molecule has 102 valence electrons. The minimum absolute atomic E-state index is 0.105. The lowest BCUT2D eigenvalue weighted by Crippen LogP contribution is -2.45. The van der Waals surface area contributed by atoms with Gasteiger partial charge in [0, 0.05) is 12.6 Å². The summed E-state index contributed by atoms with van der Waals surface area (Å²) in [6, 6.07) is 0.105. The fraction of sp³-hybridized carbons (Fsp3) is 0.833. The van der Waals surface area contributed by atoms with Crippen molar-refractivity contribution in [3.05, 3.63) is 0 Å². The van der Waals surface area contributed by atoms with Gasteiger partial charge >= 0.3 is 5.97 Å². The average molecular weight is 257 g/mol. The monoisotopic (exact) mass is 257 g/mol. The van der Waals surface area contributed by atoms with Crippen molar-refractivity contribution in [2.75, 3.05) is 6.61 Å². The third-order valence-corrected chi connectivity index (χ3v) is 3.42. The zero-order valence-electron chi connectivity index (χ0n) is 10.4. The van der Waals surface area contributed by atoms with E-state index in [1.165, 1.54) is 0 Å². The number of carbonyl (C=O) groups excluding carboxylic acids is 1. The van der Waals surface area contributed by atoms with Crippen molar-refractivity contribution in [1.29, 1.82) is 0 Å². The van der Waals surface area contributed by atoms with Crippen molar-refractivity contribution >= 4 is 11.9 Å². The summed E-state index contributed by atoms with van der Waals surface area (Å²) in [7, 11) is 0. The molecule has 2 fully saturated rings. The van der Waals surface area contributed by atoms with Gasteiger partial charge < -0.3 is 19.9 Å². The number of amides is 1. The average Bonchev–Trinajstić information content (AvgIpc) is 2.78. The zero-order valence-corrected chi connectivity index (χ0v) is 10.4. The molecule has 2 heterocycles. The van der Waals surface area contributed by atoms with E-state index in [0.717, 1.165) is 12.8 Å². The predicted molar refractivity (Wildman–Crippen MR) is 62.1 cm³/mol. The summed E-state index contributed by atoms with van der Waals surface area (Å²) in [5, 5.41) is 11.7. The minimum atomic E-state index is -0.995. The molecule has 2 aliphatic rings. The molecule has 4 unspecified atom stereocenters. The highest BCUT2D eigenvalue weighted by Crippen LogP contribution is 2.21. The fourth-order valence-electron chi connectivity index (χ4n) is 2.43. The van der Waals surface area contributed by atoms with Crippen molar-refractivity contribution in [3.63, 3.8) is 0 Å². The molecule has 0 aromatic rings. The molecule has 1 amide bonds. The van der Waals surface area contributed by atoms with Crippen LogP contribution in [0, 0.1) is 0 Å². The minimum Gasteiger partial charge on any atom is -0.479 e. The van der Waals surface area contributed by atoms with Gasteiger partial charge in [-0.25, -0.2) is 4.79 Å². The van der Waals surface area contributed by atoms with Gasteiger partial charge in [-0.15, -0.1) is 0 Å². The number of hydrogen-bond acceptors (Lipinski definition) is 4. The summed E-state index contributed by atoms with van der Waals surface area (Å²) < 4.78 is 10.6. The molecule has 6 nitrogen and oxygen atoms in total. The third kappa shape index (κ3) is 3.20. The zero-order chi connectivity index (χ0) is 13.1. The number of nitrogens with one attached hydrogen (secondary N) is 1. The van der Waals surface area contributed by atoms with Crippen LogP contribution in [0.1, 0.15) is 32.6 Å². The molecule has 0 saturated carbocycles. The lowest BCUT2D eigenvalue weighted by Gasteiger charge is -2.28. The van der Waals surface area contributed by atoms with E-state index in [-0.39, 0.29) is 18.1 Å². The largest absolute Gasteiger partial charge is 0.479 e. The van der Waals surface area contributed by atoms with Crippen LogP contribution in [0.25, 0.3) is 0 Å². The molecule has 18 heavy (non-hydrogen) atoms. The van der Waals surface area contributed by atoms with Gasteiger partial charge in [0.15, 0.2) is 6.10 Å². The first kappa shape index (κ1) is 13.3. The first-order valence-corrected chi connectivity index (χ1v) is 6.36. The number of rotatable bonds is 3. The topological polar surface area (TPSA) is 84.9 Å². The second-order valence-corrected chi connectivity index (χ2v) is 4.94. The van der Waals surface area contributed by atoms with Crippen LogP contribution in [0.4, 0.5) is 0 Å². The Labute approximate surface area is 106 Å². The van der Waals surface area contributed by atoms with E-state index < -0.39 is 18.2 Å². The number of carboxylic acids is 1. The molecule has 4 atom stereocenters. The molecule has 0 bridgehead atoms. The maximum Gasteiger partial charge on any atom is 0.332 e. The molecule has 2 saturated heterocycles. The van der Waals surface area contributed by atoms with Crippen LogP contribution >= 0.6 is 0 Å². The van der Waals surface area contributed by atoms with Gasteiger partial charge in [-0.1, -0.05) is 0 Å². The van der Waals surface area contributed by atoms with Crippen LogP contribution in [0.3, 0.4) is 0 Å². The van der Waals surface area contributed by atoms with E-state index >= 15 is 0 Å². The summed E-state index contributed by atoms with van der Waals surface area (Å²) >= 11 is 0. The molecule has 6 heteroatoms. The van der Waals surface area contributed by atoms with Gasteiger partial charge in [0.25, 0.3) is 0 Å². The normalized spacial score (nSPS) is 36.3. The SMILES string of the molecule is CC1CC(NC(=O)C2CCC(C(=O)O)O2)CCO1. The lowest BCUT2D eigenvalue weighted by molar-refractivity contribution is -0.152. The van der Waals surface area contributed by atoms with E-state index in [1.54, 1.807) is 0 Å². The Kier molecular flexibility index (Phi) is 4.19. The fourth-order valence-corrected chi connectivity index (χ4v) is 2.43. The second-order valence-electron chi connectivity index (χ2n) is 4.94. The Hall–Kier alpha value is -1.14. The van der Waals surface area contributed by atoms with Gasteiger partial charge in [-0.05, 0) is 32.6 Å². The molecule has 2 aliphatic heterocycles. The van der Waals surface area contributed by atoms with Crippen LogP contribution in [0.2, 0.25) is 0 Å². The highest BCUT2D eigenvalue weighted by molar-refractivity contribution is 5.82. The predicted octanol–water partition coefficient (Wildman–Crippen LogP) is 0.302. The standard InChI is InChI=1S/C12H19NO5/c1-7-6-8(4-5-17-7)13-11(14)9-2-3-10(18-9)12(15)16/h7-10H,2-6H2,1H3,(H,13,14)(H,15,16). The van der Waals surface area contributed by atoms with E-state index in [0.29, 0.717) is 19.4 Å². The van der Waals surface area contributed by atoms with Crippen LogP contribution in [0.15, 0.2) is 0 Å². The number of hydrogen-bond donors (Lipinski definition) is 2. The van der Waals surface area contributed by atoms with E-state index in [2.05, 4.69) is 5.32 Å². The molecule has 0 radical (unpaired) electrons. The summed E-state index contributed by atoms with van der Waals surface area (Å²) in [5.74, 6) is -1.19.